The third-order valence-corrected chi connectivity index (χ3v) is 8.28. The first-order chi connectivity index (χ1) is 18.5. The van der Waals surface area contributed by atoms with Gasteiger partial charge in [-0.15, -0.1) is 16.9 Å². The Morgan fingerprint density at radius 1 is 1.20 bits per heavy atom. The first-order valence-electron chi connectivity index (χ1n) is 11.5. The molecule has 4 rings (SSSR count). The Labute approximate surface area is 257 Å². The van der Waals surface area contributed by atoms with Gasteiger partial charge >= 0.3 is 41.5 Å². The number of carbonyl (C=O) groups is 5. The predicted molar refractivity (Wildman–Crippen MR) is 145 cm³/mol. The van der Waals surface area contributed by atoms with Gasteiger partial charge in [-0.2, -0.15) is 0 Å². The van der Waals surface area contributed by atoms with Crippen molar-refractivity contribution in [3.63, 3.8) is 0 Å². The number of aryl methyl sites for hydroxylation is 1. The molecule has 18 heteroatoms. The molecule has 1 fully saturated rings. The number of rotatable bonds is 11. The molecule has 0 bridgehead atoms. The van der Waals surface area contributed by atoms with Gasteiger partial charge < -0.3 is 26.6 Å². The number of fused-ring (bicyclic) bond motifs is 1. The number of aliphatic carboxylic acids is 2. The van der Waals surface area contributed by atoms with Crippen molar-refractivity contribution in [1.29, 1.82) is 0 Å². The van der Waals surface area contributed by atoms with Crippen molar-refractivity contribution in [2.75, 3.05) is 16.8 Å². The van der Waals surface area contributed by atoms with Crippen LogP contribution in [0.5, 0.6) is 0 Å². The van der Waals surface area contributed by atoms with Crippen LogP contribution in [0.2, 0.25) is 0 Å². The van der Waals surface area contributed by atoms with E-state index in [4.69, 9.17) is 10.8 Å². The number of thioether (sulfide) groups is 2. The first-order valence-corrected chi connectivity index (χ1v) is 13.5. The Balaban J connectivity index is 0.00000441. The van der Waals surface area contributed by atoms with Crippen molar-refractivity contribution in [3.05, 3.63) is 41.1 Å². The molecule has 1 aromatic carbocycles. The minimum atomic E-state index is -1.31. The molecule has 0 aliphatic carbocycles. The van der Waals surface area contributed by atoms with Gasteiger partial charge in [-0.3, -0.25) is 24.1 Å². The van der Waals surface area contributed by atoms with Gasteiger partial charge in [0.2, 0.25) is 17.0 Å². The Hall–Kier alpha value is -2.96. The molecular weight excluding hydrogens is 575 g/mol. The molecule has 0 radical (unpaired) electrons. The molecule has 0 saturated carbocycles. The SMILES string of the molecule is Cn1nnnc1SCC1=C(C(=O)O)N2C(=O)[C@@H](NC(=O)Cc3ccc(NC(=O)C[C@@H](N)C(=O)O)cc3)[C@H]2SC1.[NaH]. The van der Waals surface area contributed by atoms with Crippen LogP contribution in [0.1, 0.15) is 12.0 Å². The number of aromatic nitrogens is 4. The Morgan fingerprint density at radius 3 is 2.50 bits per heavy atom. The number of carboxylic acids is 2. The van der Waals surface area contributed by atoms with E-state index in [-0.39, 0.29) is 48.1 Å². The van der Waals surface area contributed by atoms with E-state index in [0.29, 0.717) is 33.5 Å². The van der Waals surface area contributed by atoms with E-state index in [2.05, 4.69) is 26.2 Å². The van der Waals surface area contributed by atoms with E-state index >= 15 is 0 Å². The van der Waals surface area contributed by atoms with Crippen LogP contribution in [-0.2, 0) is 37.4 Å². The molecule has 0 unspecified atom stereocenters. The van der Waals surface area contributed by atoms with Crippen LogP contribution in [0.3, 0.4) is 0 Å². The van der Waals surface area contributed by atoms with Crippen LogP contribution in [0, 0.1) is 0 Å². The van der Waals surface area contributed by atoms with Crippen LogP contribution in [-0.4, -0.2) is 124 Å². The molecule has 3 atom stereocenters. The number of benzene rings is 1. The van der Waals surface area contributed by atoms with Crippen molar-refractivity contribution in [2.45, 2.75) is 35.5 Å². The molecular formula is C22H25N8NaO7S2. The summed E-state index contributed by atoms with van der Waals surface area (Å²) in [5, 5.41) is 34.9. The van der Waals surface area contributed by atoms with Crippen molar-refractivity contribution < 1.29 is 34.2 Å². The number of carboxylic acid groups (broad SMARTS) is 2. The number of tetrazole rings is 1. The molecule has 1 aromatic heterocycles. The van der Waals surface area contributed by atoms with E-state index in [1.165, 1.54) is 33.1 Å². The van der Waals surface area contributed by atoms with Crippen LogP contribution in [0.15, 0.2) is 40.7 Å². The maximum atomic E-state index is 12.9. The number of nitrogens with zero attached hydrogens (tertiary/aromatic N) is 5. The van der Waals surface area contributed by atoms with E-state index < -0.39 is 47.1 Å². The van der Waals surface area contributed by atoms with Gasteiger partial charge in [-0.1, -0.05) is 23.9 Å². The van der Waals surface area contributed by atoms with E-state index in [0.717, 1.165) is 0 Å². The van der Waals surface area contributed by atoms with Crippen molar-refractivity contribution in [3.8, 4) is 0 Å². The average Bonchev–Trinajstić information content (AvgIpc) is 3.30. The number of hydrogen-bond acceptors (Lipinski definition) is 11. The molecule has 15 nitrogen and oxygen atoms in total. The molecule has 2 aliphatic rings. The van der Waals surface area contributed by atoms with Gasteiger partial charge in [0.1, 0.15) is 23.2 Å². The number of carbonyl (C=O) groups excluding carboxylic acids is 3. The second-order valence-corrected chi connectivity index (χ2v) is 10.7. The zero-order chi connectivity index (χ0) is 28.3. The molecule has 3 heterocycles. The molecule has 6 N–H and O–H groups in total. The maximum absolute atomic E-state index is 12.9. The number of nitrogens with one attached hydrogen (secondary N) is 2. The Morgan fingerprint density at radius 2 is 1.90 bits per heavy atom. The van der Waals surface area contributed by atoms with Gasteiger partial charge in [-0.25, -0.2) is 9.48 Å². The summed E-state index contributed by atoms with van der Waals surface area (Å²) >= 11 is 2.63. The molecule has 208 valence electrons. The summed E-state index contributed by atoms with van der Waals surface area (Å²) in [7, 11) is 1.67. The molecule has 2 aliphatic heterocycles. The van der Waals surface area contributed by atoms with E-state index in [9.17, 15) is 29.1 Å². The van der Waals surface area contributed by atoms with Crippen LogP contribution in [0.4, 0.5) is 5.69 Å². The summed E-state index contributed by atoms with van der Waals surface area (Å²) in [5.41, 5.74) is 6.84. The van der Waals surface area contributed by atoms with Crippen LogP contribution >= 0.6 is 23.5 Å². The minimum absolute atomic E-state index is 0. The second kappa shape index (κ2) is 13.6. The van der Waals surface area contributed by atoms with Crippen LogP contribution in [0.25, 0.3) is 0 Å². The van der Waals surface area contributed by atoms with Gasteiger partial charge in [0, 0.05) is 24.2 Å². The van der Waals surface area contributed by atoms with Gasteiger partial charge in [0.15, 0.2) is 0 Å². The predicted octanol–water partition coefficient (Wildman–Crippen LogP) is -1.62. The van der Waals surface area contributed by atoms with Crippen molar-refractivity contribution >= 4 is 88.4 Å². The Kier molecular flexibility index (Phi) is 10.7. The number of anilines is 1. The second-order valence-electron chi connectivity index (χ2n) is 8.66. The number of amides is 3. The summed E-state index contributed by atoms with van der Waals surface area (Å²) in [6, 6.07) is 4.17. The summed E-state index contributed by atoms with van der Waals surface area (Å²) < 4.78 is 1.46. The fourth-order valence-electron chi connectivity index (χ4n) is 3.90. The molecule has 1 saturated heterocycles. The number of nitrogens with two attached hydrogens (primary N) is 1. The average molecular weight is 601 g/mol. The van der Waals surface area contributed by atoms with Gasteiger partial charge in [-0.05, 0) is 33.7 Å². The zero-order valence-corrected chi connectivity index (χ0v) is 22.1. The third-order valence-electron chi connectivity index (χ3n) is 5.85. The van der Waals surface area contributed by atoms with Gasteiger partial charge in [0.05, 0.1) is 12.8 Å². The molecule has 3 amide bonds. The normalized spacial score (nSPS) is 18.6. The van der Waals surface area contributed by atoms with Gasteiger partial charge in [0.25, 0.3) is 5.91 Å². The van der Waals surface area contributed by atoms with Crippen molar-refractivity contribution in [2.24, 2.45) is 12.8 Å². The quantitative estimate of drug-likeness (QED) is 0.111. The van der Waals surface area contributed by atoms with E-state index in [1.807, 2.05) is 0 Å². The summed E-state index contributed by atoms with van der Waals surface area (Å²) in [6.07, 6.45) is -0.433. The number of hydrogen-bond donors (Lipinski definition) is 5. The fraction of sp³-hybridized carbons (Fsp3) is 0.364. The van der Waals surface area contributed by atoms with Crippen LogP contribution < -0.4 is 16.4 Å². The standard InChI is InChI=1S/C22H24N8O7S2.Na.H/c1-29-22(26-27-28-29)39-9-11-8-38-19-16(18(33)30(19)17(11)21(36)37)25-14(31)6-10-2-4-12(5-3-10)24-15(32)7-13(23)20(34)35;;/h2-5,13,16,19H,6-9,23H2,1H3,(H,24,32)(H,25,31)(H,34,35)(H,36,37);;/t13-,16-,19-;;/m1../s1. The van der Waals surface area contributed by atoms with E-state index in [1.54, 1.807) is 31.3 Å². The fourth-order valence-corrected chi connectivity index (χ4v) is 6.24. The summed E-state index contributed by atoms with van der Waals surface area (Å²) in [5.74, 6) is -3.33. The first kappa shape index (κ1) is 31.6. The molecule has 40 heavy (non-hydrogen) atoms. The van der Waals surface area contributed by atoms with Crippen molar-refractivity contribution in [1.82, 2.24) is 30.4 Å². The molecule has 2 aromatic rings. The topological polar surface area (TPSA) is 223 Å². The molecule has 0 spiro atoms. The zero-order valence-electron chi connectivity index (χ0n) is 20.4. The monoisotopic (exact) mass is 600 g/mol. The summed E-state index contributed by atoms with van der Waals surface area (Å²) in [4.78, 5) is 61.4. The third kappa shape index (κ3) is 7.21. The number of β-lactam (4-membered cyclic amide) rings is 1. The summed E-state index contributed by atoms with van der Waals surface area (Å²) in [6.45, 7) is 0. The Bertz CT molecular complexity index is 1350.